The molecule has 1 aromatic carbocycles. The van der Waals surface area contributed by atoms with E-state index in [4.69, 9.17) is 34.3 Å². The normalized spacial score (nSPS) is 18.2. The van der Waals surface area contributed by atoms with E-state index in [-0.39, 0.29) is 18.0 Å². The van der Waals surface area contributed by atoms with Crippen molar-refractivity contribution in [2.24, 2.45) is 10.7 Å². The van der Waals surface area contributed by atoms with Gasteiger partial charge in [-0.05, 0) is 23.8 Å². The largest absolute Gasteiger partial charge is 0.471 e. The van der Waals surface area contributed by atoms with E-state index in [0.29, 0.717) is 29.7 Å². The first-order valence-electron chi connectivity index (χ1n) is 8.11. The summed E-state index contributed by atoms with van der Waals surface area (Å²) < 4.78 is 42.1. The number of amidine groups is 1. The zero-order chi connectivity index (χ0) is 20.5. The van der Waals surface area contributed by atoms with Crippen molar-refractivity contribution in [1.29, 1.82) is 5.41 Å². The summed E-state index contributed by atoms with van der Waals surface area (Å²) in [5, 5.41) is 12.4. The van der Waals surface area contributed by atoms with Crippen LogP contribution in [-0.2, 0) is 12.7 Å². The van der Waals surface area contributed by atoms with Crippen molar-refractivity contribution in [2.45, 2.75) is 25.2 Å². The van der Waals surface area contributed by atoms with E-state index in [1.807, 2.05) is 4.90 Å². The van der Waals surface area contributed by atoms with Crippen LogP contribution in [0.4, 0.5) is 13.2 Å². The number of nitrogens with one attached hydrogen (secondary N) is 1. The average molecular weight is 435 g/mol. The highest BCUT2D eigenvalue weighted by molar-refractivity contribution is 6.33. The van der Waals surface area contributed by atoms with Crippen LogP contribution < -0.4 is 5.73 Å². The maximum atomic E-state index is 12.6. The summed E-state index contributed by atoms with van der Waals surface area (Å²) in [5.74, 6) is -1.67. The van der Waals surface area contributed by atoms with Crippen LogP contribution in [-0.4, -0.2) is 45.7 Å². The Kier molecular flexibility index (Phi) is 5.92. The van der Waals surface area contributed by atoms with Gasteiger partial charge >= 0.3 is 12.1 Å². The molecule has 2 heterocycles. The van der Waals surface area contributed by atoms with Gasteiger partial charge in [-0.3, -0.25) is 9.89 Å². The maximum absolute atomic E-state index is 12.6. The van der Waals surface area contributed by atoms with Crippen LogP contribution >= 0.6 is 23.2 Å². The Labute approximate surface area is 167 Å². The molecule has 1 aromatic heterocycles. The summed E-state index contributed by atoms with van der Waals surface area (Å²) in [6.45, 7) is 1.36. The number of aromatic nitrogens is 2. The molecule has 3 N–H and O–H groups in total. The third-order valence-corrected chi connectivity index (χ3v) is 4.78. The Hall–Kier alpha value is -2.17. The molecule has 0 amide bonds. The number of alkyl halides is 3. The smallest absolute Gasteiger partial charge is 0.386 e. The lowest BCUT2D eigenvalue weighted by atomic mass is 10.0. The van der Waals surface area contributed by atoms with Crippen molar-refractivity contribution in [1.82, 2.24) is 15.0 Å². The van der Waals surface area contributed by atoms with Gasteiger partial charge in [0, 0.05) is 29.6 Å². The number of aliphatic imine (C=N–C) groups is 1. The number of halogens is 5. The molecule has 1 atom stereocenters. The Morgan fingerprint density at radius 3 is 2.79 bits per heavy atom. The SMILES string of the molecule is N=C(CC1C(N)=NCCN1Cc1cc(Cl)ccc1Cl)c1noc(C(F)(F)F)n1. The summed E-state index contributed by atoms with van der Waals surface area (Å²) >= 11 is 12.2. The first kappa shape index (κ1) is 20.6. The molecule has 7 nitrogen and oxygen atoms in total. The van der Waals surface area contributed by atoms with Gasteiger partial charge < -0.3 is 15.7 Å². The van der Waals surface area contributed by atoms with Gasteiger partial charge in [0.25, 0.3) is 0 Å². The van der Waals surface area contributed by atoms with Crippen LogP contribution in [0, 0.1) is 5.41 Å². The highest BCUT2D eigenvalue weighted by Gasteiger charge is 2.39. The molecular formula is C16H15Cl2F3N6O. The number of hydrogen-bond acceptors (Lipinski definition) is 7. The molecular weight excluding hydrogens is 420 g/mol. The predicted molar refractivity (Wildman–Crippen MR) is 97.9 cm³/mol. The number of rotatable bonds is 5. The molecule has 0 radical (unpaired) electrons. The van der Waals surface area contributed by atoms with Gasteiger partial charge in [-0.15, -0.1) is 0 Å². The Morgan fingerprint density at radius 2 is 2.11 bits per heavy atom. The lowest BCUT2D eigenvalue weighted by Crippen LogP contribution is -2.50. The fraction of sp³-hybridized carbons (Fsp3) is 0.375. The molecule has 1 aliphatic heterocycles. The second-order valence-electron chi connectivity index (χ2n) is 6.13. The molecule has 150 valence electrons. The summed E-state index contributed by atoms with van der Waals surface area (Å²) in [5.41, 5.74) is 6.52. The Morgan fingerprint density at radius 1 is 1.36 bits per heavy atom. The molecule has 28 heavy (non-hydrogen) atoms. The van der Waals surface area contributed by atoms with Gasteiger partial charge in [0.1, 0.15) is 5.84 Å². The van der Waals surface area contributed by atoms with Crippen LogP contribution in [0.3, 0.4) is 0 Å². The lowest BCUT2D eigenvalue weighted by molar-refractivity contribution is -0.159. The van der Waals surface area contributed by atoms with E-state index in [2.05, 4.69) is 19.7 Å². The Balaban J connectivity index is 1.78. The van der Waals surface area contributed by atoms with Gasteiger partial charge in [0.15, 0.2) is 0 Å². The number of nitrogens with zero attached hydrogens (tertiary/aromatic N) is 4. The zero-order valence-electron chi connectivity index (χ0n) is 14.3. The van der Waals surface area contributed by atoms with Crippen molar-refractivity contribution >= 4 is 34.7 Å². The van der Waals surface area contributed by atoms with E-state index < -0.39 is 23.9 Å². The first-order valence-corrected chi connectivity index (χ1v) is 8.87. The van der Waals surface area contributed by atoms with Gasteiger partial charge in [0.05, 0.1) is 18.3 Å². The molecule has 1 aliphatic rings. The van der Waals surface area contributed by atoms with Crippen molar-refractivity contribution in [3.05, 3.63) is 45.5 Å². The van der Waals surface area contributed by atoms with E-state index >= 15 is 0 Å². The highest BCUT2D eigenvalue weighted by atomic mass is 35.5. The molecule has 1 unspecified atom stereocenters. The summed E-state index contributed by atoms with van der Waals surface area (Å²) in [6, 6.07) is 4.55. The van der Waals surface area contributed by atoms with Gasteiger partial charge in [-0.2, -0.15) is 18.2 Å². The molecule has 12 heteroatoms. The number of nitrogens with two attached hydrogens (primary N) is 1. The van der Waals surface area contributed by atoms with Crippen molar-refractivity contribution in [3.63, 3.8) is 0 Å². The molecule has 0 saturated heterocycles. The van der Waals surface area contributed by atoms with E-state index in [9.17, 15) is 13.2 Å². The molecule has 0 bridgehead atoms. The molecule has 0 saturated carbocycles. The lowest BCUT2D eigenvalue weighted by Gasteiger charge is -2.34. The quantitative estimate of drug-likeness (QED) is 0.701. The topological polar surface area (TPSA) is 104 Å². The first-order chi connectivity index (χ1) is 13.1. The highest BCUT2D eigenvalue weighted by Crippen LogP contribution is 2.28. The molecule has 0 aliphatic carbocycles. The maximum Gasteiger partial charge on any atom is 0.471 e. The third-order valence-electron chi connectivity index (χ3n) is 4.18. The van der Waals surface area contributed by atoms with Crippen molar-refractivity contribution in [3.8, 4) is 0 Å². The van der Waals surface area contributed by atoms with Crippen LogP contribution in [0.5, 0.6) is 0 Å². The minimum Gasteiger partial charge on any atom is -0.386 e. The van der Waals surface area contributed by atoms with Crippen molar-refractivity contribution < 1.29 is 17.7 Å². The van der Waals surface area contributed by atoms with Crippen molar-refractivity contribution in [2.75, 3.05) is 13.1 Å². The third kappa shape index (κ3) is 4.62. The van der Waals surface area contributed by atoms with E-state index in [1.165, 1.54) is 0 Å². The van der Waals surface area contributed by atoms with Gasteiger partial charge in [-0.25, -0.2) is 0 Å². The van der Waals surface area contributed by atoms with E-state index in [1.54, 1.807) is 18.2 Å². The zero-order valence-corrected chi connectivity index (χ0v) is 15.8. The Bertz CT molecular complexity index is 914. The second-order valence-corrected chi connectivity index (χ2v) is 6.98. The van der Waals surface area contributed by atoms with Gasteiger partial charge in [0.2, 0.25) is 5.82 Å². The van der Waals surface area contributed by atoms with Crippen LogP contribution in [0.25, 0.3) is 0 Å². The predicted octanol–water partition coefficient (Wildman–Crippen LogP) is 3.39. The minimum absolute atomic E-state index is 0.0374. The van der Waals surface area contributed by atoms with Crippen LogP contribution in [0.15, 0.2) is 27.7 Å². The van der Waals surface area contributed by atoms with Gasteiger partial charge in [-0.1, -0.05) is 28.4 Å². The summed E-state index contributed by atoms with van der Waals surface area (Å²) in [4.78, 5) is 9.36. The monoisotopic (exact) mass is 434 g/mol. The fourth-order valence-corrected chi connectivity index (χ4v) is 3.18. The number of benzene rings is 1. The summed E-state index contributed by atoms with van der Waals surface area (Å²) in [7, 11) is 0. The molecule has 2 aromatic rings. The molecule has 0 fully saturated rings. The van der Waals surface area contributed by atoms with Crippen LogP contribution in [0.2, 0.25) is 10.0 Å². The van der Waals surface area contributed by atoms with Crippen LogP contribution in [0.1, 0.15) is 23.7 Å². The number of hydrogen-bond donors (Lipinski definition) is 2. The summed E-state index contributed by atoms with van der Waals surface area (Å²) in [6.07, 6.45) is -4.81. The fourth-order valence-electron chi connectivity index (χ4n) is 2.81. The van der Waals surface area contributed by atoms with E-state index in [0.717, 1.165) is 5.56 Å². The minimum atomic E-state index is -4.77. The molecule has 3 rings (SSSR count). The second kappa shape index (κ2) is 8.06. The standard InChI is InChI=1S/C16H15Cl2F3N6O/c17-9-1-2-10(18)8(5-9)7-27-4-3-24-13(23)12(27)6-11(22)14-25-15(28-26-14)16(19,20)21/h1-2,5,12,22H,3-4,6-7H2,(H2,23,24). The molecule has 0 spiro atoms. The average Bonchev–Trinajstić information content (AvgIpc) is 3.11.